The fourth-order valence-electron chi connectivity index (χ4n) is 1.58. The van der Waals surface area contributed by atoms with Crippen LogP contribution in [0.25, 0.3) is 0 Å². The molecule has 0 unspecified atom stereocenters. The summed E-state index contributed by atoms with van der Waals surface area (Å²) in [6.07, 6.45) is 0. The van der Waals surface area contributed by atoms with Crippen LogP contribution in [0.1, 0.15) is 5.56 Å². The first-order chi connectivity index (χ1) is 7.22. The average Bonchev–Trinajstić information content (AvgIpc) is 2.61. The molecule has 4 nitrogen and oxygen atoms in total. The molecule has 15 heavy (non-hydrogen) atoms. The molecule has 0 radical (unpaired) electrons. The van der Waals surface area contributed by atoms with E-state index in [1.54, 1.807) is 6.07 Å². The minimum Gasteiger partial charge on any atom is -0.423 e. The molecule has 0 atom stereocenters. The maximum Gasteiger partial charge on any atom is 0.493 e. The van der Waals surface area contributed by atoms with Crippen molar-refractivity contribution in [1.82, 2.24) is 0 Å². The smallest absolute Gasteiger partial charge is 0.423 e. The van der Waals surface area contributed by atoms with Crippen LogP contribution in [0.3, 0.4) is 0 Å². The van der Waals surface area contributed by atoms with E-state index in [0.717, 1.165) is 5.56 Å². The van der Waals surface area contributed by atoms with Gasteiger partial charge in [0.25, 0.3) is 0 Å². The summed E-state index contributed by atoms with van der Waals surface area (Å²) in [5.74, 6) is -0.150. The van der Waals surface area contributed by atoms with Gasteiger partial charge in [-0.1, -0.05) is 28.1 Å². The zero-order chi connectivity index (χ0) is 10.8. The molecule has 6 heteroatoms. The number of carbonyl (C=O) groups is 1. The number of rotatable bonds is 2. The van der Waals surface area contributed by atoms with Crippen molar-refractivity contribution in [3.05, 3.63) is 23.8 Å². The molecule has 78 valence electrons. The molecule has 0 fully saturated rings. The predicted molar refractivity (Wildman–Crippen MR) is 61.3 cm³/mol. The van der Waals surface area contributed by atoms with E-state index >= 15 is 0 Å². The Balaban J connectivity index is 2.32. The molecule has 0 aliphatic carbocycles. The van der Waals surface area contributed by atoms with Crippen molar-refractivity contribution in [2.24, 2.45) is 0 Å². The Bertz CT molecular complexity index is 399. The standard InChI is InChI=1S/C9H9BBrNO3/c11-4-8(13)12-7-3-1-2-6-5-15-10(14)9(6)7/h1-3,14H,4-5H2,(H,12,13). The number of alkyl halides is 1. The Kier molecular flexibility index (Phi) is 3.09. The zero-order valence-corrected chi connectivity index (χ0v) is 9.45. The SMILES string of the molecule is O=C(CBr)Nc1cccc2c1B(O)OC2. The first-order valence-electron chi connectivity index (χ1n) is 4.49. The fourth-order valence-corrected chi connectivity index (χ4v) is 1.72. The molecular weight excluding hydrogens is 261 g/mol. The van der Waals surface area contributed by atoms with Gasteiger partial charge in [0, 0.05) is 11.2 Å². The molecule has 1 amide bonds. The van der Waals surface area contributed by atoms with Gasteiger partial charge >= 0.3 is 7.12 Å². The van der Waals surface area contributed by atoms with Gasteiger partial charge in [0.05, 0.1) is 11.9 Å². The van der Waals surface area contributed by atoms with Gasteiger partial charge in [-0.2, -0.15) is 0 Å². The Morgan fingerprint density at radius 3 is 3.20 bits per heavy atom. The number of amides is 1. The van der Waals surface area contributed by atoms with Crippen molar-refractivity contribution in [3.63, 3.8) is 0 Å². The van der Waals surface area contributed by atoms with E-state index in [-0.39, 0.29) is 11.2 Å². The molecule has 2 rings (SSSR count). The summed E-state index contributed by atoms with van der Waals surface area (Å²) in [6.45, 7) is 0.383. The van der Waals surface area contributed by atoms with E-state index in [9.17, 15) is 9.82 Å². The third-order valence-electron chi connectivity index (χ3n) is 2.24. The van der Waals surface area contributed by atoms with Gasteiger partial charge in [0.2, 0.25) is 5.91 Å². The van der Waals surface area contributed by atoms with Crippen molar-refractivity contribution in [1.29, 1.82) is 0 Å². The summed E-state index contributed by atoms with van der Waals surface area (Å²) in [4.78, 5) is 11.2. The quantitative estimate of drug-likeness (QED) is 0.597. The lowest BCUT2D eigenvalue weighted by Gasteiger charge is -2.08. The molecule has 1 aromatic carbocycles. The summed E-state index contributed by atoms with van der Waals surface area (Å²) in [5.41, 5.74) is 2.18. The number of hydrogen-bond acceptors (Lipinski definition) is 3. The van der Waals surface area contributed by atoms with Crippen LogP contribution < -0.4 is 10.8 Å². The van der Waals surface area contributed by atoms with Gasteiger partial charge in [-0.3, -0.25) is 4.79 Å². The summed E-state index contributed by atoms with van der Waals surface area (Å²) in [5, 5.41) is 12.5. The Morgan fingerprint density at radius 2 is 2.47 bits per heavy atom. The molecule has 0 saturated heterocycles. The fraction of sp³-hybridized carbons (Fsp3) is 0.222. The lowest BCUT2D eigenvalue weighted by Crippen LogP contribution is -2.32. The normalized spacial score (nSPS) is 13.9. The maximum absolute atomic E-state index is 11.2. The summed E-state index contributed by atoms with van der Waals surface area (Å²) in [6, 6.07) is 5.44. The summed E-state index contributed by atoms with van der Waals surface area (Å²) < 4.78 is 5.07. The number of carbonyl (C=O) groups excluding carboxylic acids is 1. The predicted octanol–water partition coefficient (Wildman–Crippen LogP) is 0.238. The molecule has 1 aromatic rings. The monoisotopic (exact) mass is 269 g/mol. The molecule has 1 aliphatic heterocycles. The van der Waals surface area contributed by atoms with Crippen LogP contribution in [0.15, 0.2) is 18.2 Å². The third kappa shape index (κ3) is 2.06. The second-order valence-corrected chi connectivity index (χ2v) is 3.78. The van der Waals surface area contributed by atoms with Crippen LogP contribution in [0, 0.1) is 0 Å². The second-order valence-electron chi connectivity index (χ2n) is 3.22. The van der Waals surface area contributed by atoms with E-state index in [2.05, 4.69) is 21.2 Å². The molecule has 2 N–H and O–H groups in total. The van der Waals surface area contributed by atoms with E-state index < -0.39 is 7.12 Å². The molecule has 0 spiro atoms. The number of halogens is 1. The van der Waals surface area contributed by atoms with Crippen LogP contribution in [-0.2, 0) is 16.1 Å². The Morgan fingerprint density at radius 1 is 1.67 bits per heavy atom. The van der Waals surface area contributed by atoms with Crippen molar-refractivity contribution in [2.75, 3.05) is 10.6 Å². The highest BCUT2D eigenvalue weighted by atomic mass is 79.9. The van der Waals surface area contributed by atoms with E-state index in [1.807, 2.05) is 12.1 Å². The van der Waals surface area contributed by atoms with Crippen LogP contribution in [0.2, 0.25) is 0 Å². The van der Waals surface area contributed by atoms with Crippen LogP contribution in [0.4, 0.5) is 5.69 Å². The molecule has 0 saturated carbocycles. The highest BCUT2D eigenvalue weighted by Gasteiger charge is 2.30. The largest absolute Gasteiger partial charge is 0.493 e. The number of hydrogen-bond donors (Lipinski definition) is 2. The number of anilines is 1. The van der Waals surface area contributed by atoms with Crippen LogP contribution >= 0.6 is 15.9 Å². The van der Waals surface area contributed by atoms with Gasteiger partial charge in [0.15, 0.2) is 0 Å². The number of benzene rings is 1. The lowest BCUT2D eigenvalue weighted by molar-refractivity contribution is -0.113. The molecular formula is C9H9BBrNO3. The highest BCUT2D eigenvalue weighted by molar-refractivity contribution is 9.09. The molecule has 1 aliphatic rings. The molecule has 1 heterocycles. The van der Waals surface area contributed by atoms with Crippen molar-refractivity contribution < 1.29 is 14.5 Å². The average molecular weight is 270 g/mol. The van der Waals surface area contributed by atoms with Gasteiger partial charge in [-0.15, -0.1) is 0 Å². The first kappa shape index (κ1) is 10.7. The van der Waals surface area contributed by atoms with Gasteiger partial charge in [-0.25, -0.2) is 0 Å². The number of nitrogens with one attached hydrogen (secondary N) is 1. The van der Waals surface area contributed by atoms with E-state index in [4.69, 9.17) is 4.65 Å². The lowest BCUT2D eigenvalue weighted by atomic mass is 9.78. The summed E-state index contributed by atoms with van der Waals surface area (Å²) in [7, 11) is -0.938. The van der Waals surface area contributed by atoms with Gasteiger partial charge in [-0.05, 0) is 11.6 Å². The van der Waals surface area contributed by atoms with E-state index in [1.165, 1.54) is 0 Å². The zero-order valence-electron chi connectivity index (χ0n) is 7.87. The Labute approximate surface area is 95.9 Å². The Hall–Kier alpha value is -0.845. The number of fused-ring (bicyclic) bond motifs is 1. The minimum atomic E-state index is -0.938. The van der Waals surface area contributed by atoms with Crippen LogP contribution in [0.5, 0.6) is 0 Å². The minimum absolute atomic E-state index is 0.150. The van der Waals surface area contributed by atoms with Crippen molar-refractivity contribution in [3.8, 4) is 0 Å². The summed E-state index contributed by atoms with van der Waals surface area (Å²) >= 11 is 3.06. The van der Waals surface area contributed by atoms with Crippen molar-refractivity contribution in [2.45, 2.75) is 6.61 Å². The maximum atomic E-state index is 11.2. The molecule has 0 aromatic heterocycles. The van der Waals surface area contributed by atoms with Gasteiger partial charge in [0.1, 0.15) is 0 Å². The topological polar surface area (TPSA) is 58.6 Å². The van der Waals surface area contributed by atoms with Gasteiger partial charge < -0.3 is 15.0 Å². The molecule has 0 bridgehead atoms. The van der Waals surface area contributed by atoms with E-state index in [0.29, 0.717) is 17.8 Å². The highest BCUT2D eigenvalue weighted by Crippen LogP contribution is 2.16. The first-order valence-corrected chi connectivity index (χ1v) is 5.62. The second kappa shape index (κ2) is 4.34. The third-order valence-corrected chi connectivity index (χ3v) is 2.74. The van der Waals surface area contributed by atoms with Crippen molar-refractivity contribution >= 4 is 40.1 Å². The van der Waals surface area contributed by atoms with Crippen LogP contribution in [-0.4, -0.2) is 23.4 Å².